The summed E-state index contributed by atoms with van der Waals surface area (Å²) in [5, 5.41) is 22.6. The van der Waals surface area contributed by atoms with Crippen LogP contribution >= 0.6 is 0 Å². The first-order valence-electron chi connectivity index (χ1n) is 5.73. The zero-order chi connectivity index (χ0) is 14.0. The molecule has 19 heavy (non-hydrogen) atoms. The Morgan fingerprint density at radius 3 is 2.84 bits per heavy atom. The molecule has 0 aliphatic carbocycles. The minimum absolute atomic E-state index is 0.0846. The monoisotopic (exact) mass is 260 g/mol. The molecule has 1 atom stereocenters. The Bertz CT molecular complexity index is 579. The van der Waals surface area contributed by atoms with Gasteiger partial charge < -0.3 is 10.2 Å². The van der Waals surface area contributed by atoms with Crippen LogP contribution in [0.25, 0.3) is 0 Å². The highest BCUT2D eigenvalue weighted by molar-refractivity contribution is 5.87. The van der Waals surface area contributed by atoms with Crippen molar-refractivity contribution in [2.45, 2.75) is 12.5 Å². The Kier molecular flexibility index (Phi) is 3.33. The van der Waals surface area contributed by atoms with Crippen LogP contribution in [0.2, 0.25) is 0 Å². The second-order valence-electron chi connectivity index (χ2n) is 4.35. The van der Waals surface area contributed by atoms with Crippen LogP contribution in [0.1, 0.15) is 12.0 Å². The number of amides is 1. The number of nitrogens with one attached hydrogen (secondary N) is 1. The zero-order valence-electron chi connectivity index (χ0n) is 10.3. The van der Waals surface area contributed by atoms with Crippen molar-refractivity contribution in [3.05, 3.63) is 33.9 Å². The number of nitriles is 1. The fourth-order valence-electron chi connectivity index (χ4n) is 2.02. The third-order valence-corrected chi connectivity index (χ3v) is 3.08. The number of benzene rings is 1. The summed E-state index contributed by atoms with van der Waals surface area (Å²) in [7, 11) is 1.69. The van der Waals surface area contributed by atoms with Crippen molar-refractivity contribution in [2.75, 3.05) is 18.9 Å². The molecule has 0 bridgehead atoms. The molecule has 1 amide bonds. The van der Waals surface area contributed by atoms with Gasteiger partial charge in [-0.1, -0.05) is 0 Å². The average molecular weight is 260 g/mol. The van der Waals surface area contributed by atoms with Gasteiger partial charge in [0, 0.05) is 19.7 Å². The number of rotatable bonds is 3. The van der Waals surface area contributed by atoms with Crippen LogP contribution in [0.5, 0.6) is 0 Å². The second-order valence-corrected chi connectivity index (χ2v) is 4.35. The molecule has 2 rings (SSSR count). The van der Waals surface area contributed by atoms with E-state index >= 15 is 0 Å². The van der Waals surface area contributed by atoms with Gasteiger partial charge in [-0.25, -0.2) is 0 Å². The van der Waals surface area contributed by atoms with Crippen LogP contribution in [-0.4, -0.2) is 35.4 Å². The summed E-state index contributed by atoms with van der Waals surface area (Å²) >= 11 is 0. The first kappa shape index (κ1) is 12.8. The molecule has 1 unspecified atom stereocenters. The van der Waals surface area contributed by atoms with Crippen molar-refractivity contribution in [1.29, 1.82) is 5.26 Å². The van der Waals surface area contributed by atoms with Gasteiger partial charge in [-0.05, 0) is 18.6 Å². The number of hydrogen-bond donors (Lipinski definition) is 1. The average Bonchev–Trinajstić information content (AvgIpc) is 2.71. The summed E-state index contributed by atoms with van der Waals surface area (Å²) in [6.07, 6.45) is 0.604. The lowest BCUT2D eigenvalue weighted by molar-refractivity contribution is -0.384. The molecule has 7 heteroatoms. The maximum atomic E-state index is 11.8. The molecule has 1 N–H and O–H groups in total. The van der Waals surface area contributed by atoms with Crippen molar-refractivity contribution < 1.29 is 9.72 Å². The van der Waals surface area contributed by atoms with Gasteiger partial charge in [0.1, 0.15) is 11.7 Å². The van der Waals surface area contributed by atoms with Crippen molar-refractivity contribution in [1.82, 2.24) is 4.90 Å². The predicted octanol–water partition coefficient (Wildman–Crippen LogP) is 1.11. The van der Waals surface area contributed by atoms with Crippen molar-refractivity contribution in [3.8, 4) is 6.07 Å². The maximum absolute atomic E-state index is 11.8. The van der Waals surface area contributed by atoms with E-state index < -0.39 is 11.0 Å². The molecule has 98 valence electrons. The van der Waals surface area contributed by atoms with Gasteiger partial charge in [0.05, 0.1) is 16.6 Å². The smallest absolute Gasteiger partial charge is 0.293 e. The molecular weight excluding hydrogens is 248 g/mol. The van der Waals surface area contributed by atoms with E-state index in [9.17, 15) is 14.9 Å². The zero-order valence-corrected chi connectivity index (χ0v) is 10.3. The molecule has 7 nitrogen and oxygen atoms in total. The lowest BCUT2D eigenvalue weighted by atomic mass is 10.1. The second kappa shape index (κ2) is 4.94. The number of nitro groups is 1. The van der Waals surface area contributed by atoms with Crippen LogP contribution < -0.4 is 5.32 Å². The van der Waals surface area contributed by atoms with Crippen molar-refractivity contribution in [3.63, 3.8) is 0 Å². The third-order valence-electron chi connectivity index (χ3n) is 3.08. The highest BCUT2D eigenvalue weighted by Crippen LogP contribution is 2.27. The topological polar surface area (TPSA) is 99.3 Å². The number of likely N-dealkylation sites (N-methyl/N-ethyl adjacent to an activating group) is 1. The normalized spacial score (nSPS) is 18.2. The molecule has 0 aromatic heterocycles. The van der Waals surface area contributed by atoms with Gasteiger partial charge in [-0.2, -0.15) is 5.26 Å². The molecule has 1 aromatic carbocycles. The Morgan fingerprint density at radius 1 is 1.58 bits per heavy atom. The van der Waals surface area contributed by atoms with Gasteiger partial charge >= 0.3 is 0 Å². The van der Waals surface area contributed by atoms with Crippen LogP contribution in [-0.2, 0) is 4.79 Å². The lowest BCUT2D eigenvalue weighted by Crippen LogP contribution is -2.31. The molecule has 0 spiro atoms. The minimum atomic E-state index is -0.563. The van der Waals surface area contributed by atoms with Crippen LogP contribution in [0.15, 0.2) is 18.2 Å². The number of carbonyl (C=O) groups is 1. The molecule has 0 saturated carbocycles. The van der Waals surface area contributed by atoms with E-state index in [2.05, 4.69) is 5.32 Å². The Balaban J connectivity index is 2.28. The lowest BCUT2D eigenvalue weighted by Gasteiger charge is -2.13. The SMILES string of the molecule is CN1CCC(Nc2ccc(C#N)cc2[N+](=O)[O-])C1=O. The molecular formula is C12H12N4O3. The van der Waals surface area contributed by atoms with Crippen molar-refractivity contribution in [2.24, 2.45) is 0 Å². The molecule has 1 aliphatic heterocycles. The summed E-state index contributed by atoms with van der Waals surface area (Å²) in [5.41, 5.74) is 0.283. The summed E-state index contributed by atoms with van der Waals surface area (Å²) < 4.78 is 0. The van der Waals surface area contributed by atoms with E-state index in [1.165, 1.54) is 18.2 Å². The number of nitro benzene ring substituents is 1. The van der Waals surface area contributed by atoms with Gasteiger partial charge in [-0.15, -0.1) is 0 Å². The number of carbonyl (C=O) groups excluding carboxylic acids is 1. The molecule has 1 aliphatic rings. The number of likely N-dealkylation sites (tertiary alicyclic amines) is 1. The van der Waals surface area contributed by atoms with Crippen LogP contribution in [0.4, 0.5) is 11.4 Å². The molecule has 1 saturated heterocycles. The third kappa shape index (κ3) is 2.47. The number of hydrogen-bond acceptors (Lipinski definition) is 5. The van der Waals surface area contributed by atoms with Crippen LogP contribution in [0, 0.1) is 21.4 Å². The highest BCUT2D eigenvalue weighted by atomic mass is 16.6. The first-order valence-corrected chi connectivity index (χ1v) is 5.73. The standard InChI is InChI=1S/C12H12N4O3/c1-15-5-4-10(12(15)17)14-9-3-2-8(7-13)6-11(9)16(18)19/h2-3,6,10,14H,4-5H2,1H3. The highest BCUT2D eigenvalue weighted by Gasteiger charge is 2.30. The maximum Gasteiger partial charge on any atom is 0.293 e. The van der Waals surface area contributed by atoms with E-state index in [0.717, 1.165) is 0 Å². The largest absolute Gasteiger partial charge is 0.368 e. The summed E-state index contributed by atoms with van der Waals surface area (Å²) in [6.45, 7) is 0.626. The van der Waals surface area contributed by atoms with E-state index in [4.69, 9.17) is 5.26 Å². The predicted molar refractivity (Wildman–Crippen MR) is 67.5 cm³/mol. The van der Waals surface area contributed by atoms with E-state index in [0.29, 0.717) is 13.0 Å². The summed E-state index contributed by atoms with van der Waals surface area (Å²) in [5.74, 6) is -0.0846. The summed E-state index contributed by atoms with van der Waals surface area (Å²) in [6, 6.07) is 5.55. The molecule has 1 heterocycles. The fourth-order valence-corrected chi connectivity index (χ4v) is 2.02. The molecule has 0 radical (unpaired) electrons. The first-order chi connectivity index (χ1) is 9.02. The Hall–Kier alpha value is -2.62. The fraction of sp³-hybridized carbons (Fsp3) is 0.333. The van der Waals surface area contributed by atoms with Gasteiger partial charge in [0.15, 0.2) is 0 Å². The van der Waals surface area contributed by atoms with E-state index in [1.54, 1.807) is 11.9 Å². The van der Waals surface area contributed by atoms with E-state index in [-0.39, 0.29) is 22.8 Å². The summed E-state index contributed by atoms with van der Waals surface area (Å²) in [4.78, 5) is 23.7. The van der Waals surface area contributed by atoms with Crippen molar-refractivity contribution >= 4 is 17.3 Å². The minimum Gasteiger partial charge on any atom is -0.368 e. The van der Waals surface area contributed by atoms with Crippen LogP contribution in [0.3, 0.4) is 0 Å². The molecule has 1 fully saturated rings. The van der Waals surface area contributed by atoms with Gasteiger partial charge in [-0.3, -0.25) is 14.9 Å². The Labute approximate surface area is 109 Å². The van der Waals surface area contributed by atoms with Gasteiger partial charge in [0.2, 0.25) is 5.91 Å². The quantitative estimate of drug-likeness (QED) is 0.648. The number of anilines is 1. The van der Waals surface area contributed by atoms with Gasteiger partial charge in [0.25, 0.3) is 5.69 Å². The van der Waals surface area contributed by atoms with E-state index in [1.807, 2.05) is 6.07 Å². The number of nitrogens with zero attached hydrogens (tertiary/aromatic N) is 3. The Morgan fingerprint density at radius 2 is 2.32 bits per heavy atom. The molecule has 1 aromatic rings.